The smallest absolute Gasteiger partial charge is 0.0662 e. The van der Waals surface area contributed by atoms with Gasteiger partial charge < -0.3 is 5.32 Å². The number of nitrogens with one attached hydrogen (secondary N) is 1. The van der Waals surface area contributed by atoms with Crippen molar-refractivity contribution >= 4 is 0 Å². The largest absolute Gasteiger partial charge is 0.314 e. The molecule has 1 aromatic carbocycles. The van der Waals surface area contributed by atoms with Gasteiger partial charge in [-0.1, -0.05) is 44.2 Å². The quantitative estimate of drug-likeness (QED) is 0.875. The number of nitrogens with zero attached hydrogens (tertiary/aromatic N) is 2. The van der Waals surface area contributed by atoms with Crippen LogP contribution in [0.1, 0.15) is 36.4 Å². The molecule has 0 radical (unpaired) electrons. The van der Waals surface area contributed by atoms with Crippen LogP contribution in [0.25, 0.3) is 0 Å². The van der Waals surface area contributed by atoms with Crippen LogP contribution in [0.15, 0.2) is 30.3 Å². The Kier molecular flexibility index (Phi) is 4.96. The molecule has 0 atom stereocenters. The van der Waals surface area contributed by atoms with E-state index in [1.165, 1.54) is 16.8 Å². The van der Waals surface area contributed by atoms with Crippen molar-refractivity contribution in [2.24, 2.45) is 0 Å². The van der Waals surface area contributed by atoms with E-state index in [2.05, 4.69) is 62.0 Å². The second-order valence-electron chi connectivity index (χ2n) is 5.65. The summed E-state index contributed by atoms with van der Waals surface area (Å²) in [5.74, 6) is 0. The molecule has 1 aromatic heterocycles. The number of aryl methyl sites for hydroxylation is 1. The summed E-state index contributed by atoms with van der Waals surface area (Å²) in [5, 5.41) is 8.16. The first-order chi connectivity index (χ1) is 9.58. The Labute approximate surface area is 122 Å². The van der Waals surface area contributed by atoms with Gasteiger partial charge in [-0.25, -0.2) is 0 Å². The third kappa shape index (κ3) is 3.70. The van der Waals surface area contributed by atoms with Gasteiger partial charge in [-0.15, -0.1) is 0 Å². The monoisotopic (exact) mass is 271 g/mol. The van der Waals surface area contributed by atoms with Gasteiger partial charge in [0, 0.05) is 11.7 Å². The van der Waals surface area contributed by atoms with Gasteiger partial charge in [0.25, 0.3) is 0 Å². The van der Waals surface area contributed by atoms with Crippen molar-refractivity contribution in [3.8, 4) is 0 Å². The summed E-state index contributed by atoms with van der Waals surface area (Å²) in [5.41, 5.74) is 5.12. The molecule has 0 unspecified atom stereocenters. The minimum atomic E-state index is 0.537. The highest BCUT2D eigenvalue weighted by Gasteiger charge is 2.11. The Bertz CT molecular complexity index is 541. The molecule has 2 aromatic rings. The van der Waals surface area contributed by atoms with Crippen LogP contribution in [0.2, 0.25) is 0 Å². The Morgan fingerprint density at radius 1 is 1.15 bits per heavy atom. The van der Waals surface area contributed by atoms with Crippen molar-refractivity contribution in [1.29, 1.82) is 0 Å². The first-order valence-corrected chi connectivity index (χ1v) is 7.38. The summed E-state index contributed by atoms with van der Waals surface area (Å²) in [6.07, 6.45) is 1.05. The van der Waals surface area contributed by atoms with E-state index in [-0.39, 0.29) is 0 Å². The number of rotatable bonds is 6. The van der Waals surface area contributed by atoms with Crippen molar-refractivity contribution < 1.29 is 0 Å². The van der Waals surface area contributed by atoms with Gasteiger partial charge in [-0.05, 0) is 37.9 Å². The molecule has 0 saturated heterocycles. The zero-order valence-electron chi connectivity index (χ0n) is 13.0. The van der Waals surface area contributed by atoms with Crippen LogP contribution in [-0.4, -0.2) is 22.4 Å². The Hall–Kier alpha value is -1.61. The number of benzene rings is 1. The van der Waals surface area contributed by atoms with Gasteiger partial charge in [0.15, 0.2) is 0 Å². The zero-order chi connectivity index (χ0) is 14.5. The Morgan fingerprint density at radius 2 is 1.85 bits per heavy atom. The van der Waals surface area contributed by atoms with Crippen molar-refractivity contribution in [1.82, 2.24) is 15.1 Å². The van der Waals surface area contributed by atoms with Crippen LogP contribution in [-0.2, 0) is 13.0 Å². The van der Waals surface area contributed by atoms with Crippen molar-refractivity contribution in [3.05, 3.63) is 52.8 Å². The number of hydrogen-bond acceptors (Lipinski definition) is 2. The summed E-state index contributed by atoms with van der Waals surface area (Å²) in [4.78, 5) is 0. The van der Waals surface area contributed by atoms with Crippen LogP contribution in [0.5, 0.6) is 0 Å². The lowest BCUT2D eigenvalue weighted by molar-refractivity contribution is 0.588. The van der Waals surface area contributed by atoms with Crippen LogP contribution in [0.4, 0.5) is 0 Å². The van der Waals surface area contributed by atoms with Crippen LogP contribution >= 0.6 is 0 Å². The van der Waals surface area contributed by atoms with E-state index < -0.39 is 0 Å². The molecule has 0 amide bonds. The lowest BCUT2D eigenvalue weighted by atomic mass is 10.1. The highest BCUT2D eigenvalue weighted by Crippen LogP contribution is 2.15. The van der Waals surface area contributed by atoms with E-state index >= 15 is 0 Å². The van der Waals surface area contributed by atoms with E-state index in [1.807, 2.05) is 6.07 Å². The lowest BCUT2D eigenvalue weighted by Gasteiger charge is -2.08. The molecule has 0 aliphatic heterocycles. The zero-order valence-corrected chi connectivity index (χ0v) is 13.0. The maximum atomic E-state index is 4.69. The fourth-order valence-electron chi connectivity index (χ4n) is 2.49. The predicted molar refractivity (Wildman–Crippen MR) is 84.1 cm³/mol. The minimum absolute atomic E-state index is 0.537. The maximum absolute atomic E-state index is 4.69. The SMILES string of the molecule is Cc1nn(Cc2ccccc2)c(C)c1CCNC(C)C. The molecular formula is C17H25N3. The predicted octanol–water partition coefficient (Wildman–Crippen LogP) is 3.09. The van der Waals surface area contributed by atoms with E-state index in [0.717, 1.165) is 25.2 Å². The van der Waals surface area contributed by atoms with Crippen molar-refractivity contribution in [2.75, 3.05) is 6.54 Å². The highest BCUT2D eigenvalue weighted by atomic mass is 15.3. The van der Waals surface area contributed by atoms with Crippen LogP contribution in [0.3, 0.4) is 0 Å². The van der Waals surface area contributed by atoms with Crippen LogP contribution in [0, 0.1) is 13.8 Å². The van der Waals surface area contributed by atoms with E-state index in [4.69, 9.17) is 5.10 Å². The van der Waals surface area contributed by atoms with E-state index in [0.29, 0.717) is 6.04 Å². The third-order valence-electron chi connectivity index (χ3n) is 3.63. The first-order valence-electron chi connectivity index (χ1n) is 7.38. The molecule has 0 bridgehead atoms. The summed E-state index contributed by atoms with van der Waals surface area (Å²) in [6, 6.07) is 11.0. The number of aromatic nitrogens is 2. The molecule has 0 saturated carbocycles. The van der Waals surface area contributed by atoms with E-state index in [9.17, 15) is 0 Å². The molecule has 1 heterocycles. The summed E-state index contributed by atoms with van der Waals surface area (Å²) in [6.45, 7) is 10.5. The van der Waals surface area contributed by atoms with Gasteiger partial charge >= 0.3 is 0 Å². The molecule has 3 nitrogen and oxygen atoms in total. The summed E-state index contributed by atoms with van der Waals surface area (Å²) < 4.78 is 2.12. The molecule has 0 aliphatic rings. The van der Waals surface area contributed by atoms with Gasteiger partial charge in [-0.2, -0.15) is 5.10 Å². The van der Waals surface area contributed by atoms with Crippen molar-refractivity contribution in [3.63, 3.8) is 0 Å². The Morgan fingerprint density at radius 3 is 2.50 bits per heavy atom. The standard InChI is InChI=1S/C17H25N3/c1-13(2)18-11-10-17-14(3)19-20(15(17)4)12-16-8-6-5-7-9-16/h5-9,13,18H,10-12H2,1-4H3. The molecule has 108 valence electrons. The summed E-state index contributed by atoms with van der Waals surface area (Å²) in [7, 11) is 0. The third-order valence-corrected chi connectivity index (χ3v) is 3.63. The van der Waals surface area contributed by atoms with Gasteiger partial charge in [-0.3, -0.25) is 4.68 Å². The van der Waals surface area contributed by atoms with Crippen LogP contribution < -0.4 is 5.32 Å². The molecule has 2 rings (SSSR count). The molecule has 0 spiro atoms. The topological polar surface area (TPSA) is 29.9 Å². The van der Waals surface area contributed by atoms with E-state index in [1.54, 1.807) is 0 Å². The Balaban J connectivity index is 2.08. The normalized spacial score (nSPS) is 11.2. The van der Waals surface area contributed by atoms with Crippen molar-refractivity contribution in [2.45, 2.75) is 46.7 Å². The second-order valence-corrected chi connectivity index (χ2v) is 5.65. The molecular weight excluding hydrogens is 246 g/mol. The summed E-state index contributed by atoms with van der Waals surface area (Å²) >= 11 is 0. The fraction of sp³-hybridized carbons (Fsp3) is 0.471. The lowest BCUT2D eigenvalue weighted by Crippen LogP contribution is -2.25. The second kappa shape index (κ2) is 6.71. The van der Waals surface area contributed by atoms with Gasteiger partial charge in [0.2, 0.25) is 0 Å². The highest BCUT2D eigenvalue weighted by molar-refractivity contribution is 5.26. The average Bonchev–Trinajstić information content (AvgIpc) is 2.67. The van der Waals surface area contributed by atoms with Gasteiger partial charge in [0.1, 0.15) is 0 Å². The molecule has 0 fully saturated rings. The first kappa shape index (κ1) is 14.8. The molecule has 20 heavy (non-hydrogen) atoms. The molecule has 3 heteroatoms. The molecule has 0 aliphatic carbocycles. The maximum Gasteiger partial charge on any atom is 0.0662 e. The molecule has 1 N–H and O–H groups in total. The number of hydrogen-bond donors (Lipinski definition) is 1. The van der Waals surface area contributed by atoms with Gasteiger partial charge in [0.05, 0.1) is 12.2 Å². The average molecular weight is 271 g/mol. The minimum Gasteiger partial charge on any atom is -0.314 e. The fourth-order valence-corrected chi connectivity index (χ4v) is 2.49.